The molecule has 0 bridgehead atoms. The largest absolute Gasteiger partial charge is 0.496 e. The molecule has 2 aromatic carbocycles. The van der Waals surface area contributed by atoms with Crippen LogP contribution in [0.2, 0.25) is 5.02 Å². The second kappa shape index (κ2) is 11.2. The minimum Gasteiger partial charge on any atom is -0.481 e. The molecule has 7 nitrogen and oxygen atoms in total. The summed E-state index contributed by atoms with van der Waals surface area (Å²) in [6.07, 6.45) is 1.46. The van der Waals surface area contributed by atoms with Crippen molar-refractivity contribution in [2.45, 2.75) is 71.2 Å². The zero-order valence-electron chi connectivity index (χ0n) is 24.1. The first-order valence-corrected chi connectivity index (χ1v) is 14.2. The maximum absolute atomic E-state index is 11.5. The number of nitrogens with one attached hydrogen (secondary N) is 2. The molecule has 210 valence electrons. The van der Waals surface area contributed by atoms with Crippen LogP contribution in [0.5, 0.6) is 5.88 Å². The number of pyridine rings is 1. The molecule has 9 heteroatoms. The Hall–Kier alpha value is -2.91. The van der Waals surface area contributed by atoms with Crippen LogP contribution in [0.1, 0.15) is 51.7 Å². The first-order chi connectivity index (χ1) is 19.0. The average molecular weight is 562 g/mol. The zero-order chi connectivity index (χ0) is 28.7. The van der Waals surface area contributed by atoms with Crippen LogP contribution in [0, 0.1) is 6.92 Å². The fourth-order valence-corrected chi connectivity index (χ4v) is 5.57. The molecule has 3 heterocycles. The zero-order valence-corrected chi connectivity index (χ0v) is 24.8. The van der Waals surface area contributed by atoms with Gasteiger partial charge in [0, 0.05) is 52.7 Å². The lowest BCUT2D eigenvalue weighted by atomic mass is 9.77. The lowest BCUT2D eigenvalue weighted by Crippen LogP contribution is -2.41. The smallest absolute Gasteiger partial charge is 0.481 e. The summed E-state index contributed by atoms with van der Waals surface area (Å²) in [5.74, 6) is 0.695. The molecule has 0 radical (unpaired) electrons. The third-order valence-corrected chi connectivity index (χ3v) is 8.78. The summed E-state index contributed by atoms with van der Waals surface area (Å²) in [7, 11) is 1.09. The molecule has 2 saturated heterocycles. The number of hydrogen-bond donors (Lipinski definition) is 2. The summed E-state index contributed by atoms with van der Waals surface area (Å²) < 4.78 is 18.2. The monoisotopic (exact) mass is 561 g/mol. The van der Waals surface area contributed by atoms with Gasteiger partial charge in [-0.25, -0.2) is 4.98 Å². The third kappa shape index (κ3) is 5.50. The molecule has 0 spiro atoms. The molecular weight excluding hydrogens is 525 g/mol. The lowest BCUT2D eigenvalue weighted by Gasteiger charge is -2.32. The Morgan fingerprint density at radius 3 is 2.40 bits per heavy atom. The van der Waals surface area contributed by atoms with Gasteiger partial charge < -0.3 is 24.7 Å². The minimum atomic E-state index is -0.544. The number of aromatic nitrogens is 1. The van der Waals surface area contributed by atoms with Gasteiger partial charge in [0.1, 0.15) is 0 Å². The molecule has 2 N–H and O–H groups in total. The fraction of sp³-hybridized carbons (Fsp3) is 0.419. The van der Waals surface area contributed by atoms with Crippen LogP contribution in [-0.4, -0.2) is 48.9 Å². The number of carbonyl (C=O) groups is 1. The van der Waals surface area contributed by atoms with E-state index in [0.717, 1.165) is 45.4 Å². The third-order valence-electron chi connectivity index (χ3n) is 8.36. The molecule has 0 aliphatic carbocycles. The van der Waals surface area contributed by atoms with Gasteiger partial charge in [0.25, 0.3) is 0 Å². The number of halogens is 1. The SMILES string of the molecule is COc1nc(-c2cccc(-c3cccc(B4OC(C)(C)C(C)(C)O4)c3Cl)c2C)ccc1CNC[C@@H]1CCC(=O)N1. The van der Waals surface area contributed by atoms with Crippen LogP contribution in [0.4, 0.5) is 0 Å². The highest BCUT2D eigenvalue weighted by Gasteiger charge is 2.52. The van der Waals surface area contributed by atoms with E-state index in [-0.39, 0.29) is 11.9 Å². The van der Waals surface area contributed by atoms with Crippen molar-refractivity contribution in [1.29, 1.82) is 0 Å². The number of amides is 1. The number of benzene rings is 2. The Labute approximate surface area is 242 Å². The van der Waals surface area contributed by atoms with Gasteiger partial charge >= 0.3 is 7.12 Å². The van der Waals surface area contributed by atoms with E-state index >= 15 is 0 Å². The molecule has 1 atom stereocenters. The molecule has 3 aromatic rings. The van der Waals surface area contributed by atoms with Gasteiger partial charge in [0.2, 0.25) is 11.8 Å². The van der Waals surface area contributed by atoms with Crippen molar-refractivity contribution in [1.82, 2.24) is 15.6 Å². The van der Waals surface area contributed by atoms with E-state index in [9.17, 15) is 4.79 Å². The molecular formula is C31H37BClN3O4. The van der Waals surface area contributed by atoms with Gasteiger partial charge in [-0.1, -0.05) is 54.1 Å². The average Bonchev–Trinajstić information content (AvgIpc) is 3.42. The van der Waals surface area contributed by atoms with Gasteiger partial charge in [-0.15, -0.1) is 0 Å². The summed E-state index contributed by atoms with van der Waals surface area (Å²) in [5, 5.41) is 7.02. The number of rotatable bonds is 8. The van der Waals surface area contributed by atoms with Gasteiger partial charge in [-0.3, -0.25) is 4.79 Å². The topological polar surface area (TPSA) is 81.7 Å². The Morgan fingerprint density at radius 1 is 1.05 bits per heavy atom. The van der Waals surface area contributed by atoms with Crippen LogP contribution in [0.25, 0.3) is 22.4 Å². The molecule has 2 aliphatic rings. The quantitative estimate of drug-likeness (QED) is 0.375. The maximum atomic E-state index is 11.5. The van der Waals surface area contributed by atoms with E-state index in [0.29, 0.717) is 30.4 Å². The van der Waals surface area contributed by atoms with Crippen LogP contribution in [0.15, 0.2) is 48.5 Å². The highest BCUT2D eigenvalue weighted by Crippen LogP contribution is 2.39. The van der Waals surface area contributed by atoms with Crippen molar-refractivity contribution in [2.75, 3.05) is 13.7 Å². The van der Waals surface area contributed by atoms with Crippen molar-refractivity contribution in [2.24, 2.45) is 0 Å². The van der Waals surface area contributed by atoms with Gasteiger partial charge in [-0.05, 0) is 58.2 Å². The minimum absolute atomic E-state index is 0.120. The van der Waals surface area contributed by atoms with Gasteiger partial charge in [0.15, 0.2) is 0 Å². The Morgan fingerprint density at radius 2 is 1.73 bits per heavy atom. The normalized spacial score (nSPS) is 19.6. The summed E-state index contributed by atoms with van der Waals surface area (Å²) in [5.41, 5.74) is 5.69. The maximum Gasteiger partial charge on any atom is 0.496 e. The van der Waals surface area contributed by atoms with Crippen molar-refractivity contribution in [3.8, 4) is 28.3 Å². The molecule has 0 saturated carbocycles. The predicted octanol–water partition coefficient (Wildman–Crippen LogP) is 5.05. The van der Waals surface area contributed by atoms with E-state index in [4.69, 9.17) is 30.6 Å². The summed E-state index contributed by atoms with van der Waals surface area (Å²) in [4.78, 5) is 16.3. The predicted molar refractivity (Wildman–Crippen MR) is 160 cm³/mol. The molecule has 0 unspecified atom stereocenters. The standard InChI is InChI=1S/C31H37BClN3O4/c1-19-22(24-11-8-12-25(28(24)33)32-39-30(2,3)31(4,5)40-32)9-7-10-23(19)26-15-13-20(29(36-26)38-6)17-34-18-21-14-16-27(37)35-21/h7-13,15,21,34H,14,16-18H2,1-6H3,(H,35,37)/t21-/m0/s1. The molecule has 1 aromatic heterocycles. The van der Waals surface area contributed by atoms with Crippen molar-refractivity contribution < 1.29 is 18.8 Å². The lowest BCUT2D eigenvalue weighted by molar-refractivity contribution is -0.119. The number of methoxy groups -OCH3 is 1. The van der Waals surface area contributed by atoms with E-state index < -0.39 is 18.3 Å². The second-order valence-corrected chi connectivity index (χ2v) is 12.0. The van der Waals surface area contributed by atoms with Crippen LogP contribution in [0.3, 0.4) is 0 Å². The Balaban J connectivity index is 1.40. The number of carbonyl (C=O) groups excluding carboxylic acids is 1. The van der Waals surface area contributed by atoms with Crippen molar-refractivity contribution in [3.63, 3.8) is 0 Å². The highest BCUT2D eigenvalue weighted by molar-refractivity contribution is 6.66. The van der Waals surface area contributed by atoms with Crippen molar-refractivity contribution >= 4 is 30.1 Å². The molecule has 2 fully saturated rings. The Kier molecular flexibility index (Phi) is 7.99. The van der Waals surface area contributed by atoms with Crippen LogP contribution >= 0.6 is 11.6 Å². The molecule has 2 aliphatic heterocycles. The van der Waals surface area contributed by atoms with E-state index in [1.54, 1.807) is 7.11 Å². The van der Waals surface area contributed by atoms with E-state index in [1.807, 2.05) is 64.1 Å². The molecule has 5 rings (SSSR count). The van der Waals surface area contributed by atoms with Crippen molar-refractivity contribution in [3.05, 3.63) is 64.7 Å². The first-order valence-electron chi connectivity index (χ1n) is 13.8. The van der Waals surface area contributed by atoms with Gasteiger partial charge in [0.05, 0.1) is 24.0 Å². The molecule has 40 heavy (non-hydrogen) atoms. The van der Waals surface area contributed by atoms with Gasteiger partial charge in [-0.2, -0.15) is 0 Å². The number of ether oxygens (including phenoxy) is 1. The summed E-state index contributed by atoms with van der Waals surface area (Å²) in [6.45, 7) is 11.5. The second-order valence-electron chi connectivity index (χ2n) is 11.6. The van der Waals surface area contributed by atoms with Crippen LogP contribution < -0.4 is 20.8 Å². The van der Waals surface area contributed by atoms with E-state index in [1.165, 1.54) is 0 Å². The summed E-state index contributed by atoms with van der Waals surface area (Å²) >= 11 is 7.03. The number of nitrogens with zero attached hydrogens (tertiary/aromatic N) is 1. The molecule has 1 amide bonds. The van der Waals surface area contributed by atoms with E-state index in [2.05, 4.69) is 29.7 Å². The highest BCUT2D eigenvalue weighted by atomic mass is 35.5. The van der Waals surface area contributed by atoms with Crippen LogP contribution in [-0.2, 0) is 20.6 Å². The number of hydrogen-bond acceptors (Lipinski definition) is 6. The summed E-state index contributed by atoms with van der Waals surface area (Å²) in [6, 6.07) is 16.4. The first kappa shape index (κ1) is 28.6. The Bertz CT molecular complexity index is 1410. The fourth-order valence-electron chi connectivity index (χ4n) is 5.26.